The largest absolute Gasteiger partial charge is 0.357 e. The summed E-state index contributed by atoms with van der Waals surface area (Å²) in [7, 11) is 0. The van der Waals surface area contributed by atoms with Crippen LogP contribution in [0.5, 0.6) is 0 Å². The normalized spacial score (nSPS) is 18.1. The molecule has 176 valence electrons. The first kappa shape index (κ1) is 24.2. The second-order valence-corrected chi connectivity index (χ2v) is 10.3. The maximum atomic E-state index is 13.5. The van der Waals surface area contributed by atoms with Crippen molar-refractivity contribution in [3.05, 3.63) is 67.8 Å². The van der Waals surface area contributed by atoms with Crippen LogP contribution in [0.15, 0.2) is 40.0 Å². The molecule has 1 amide bonds. The quantitative estimate of drug-likeness (QED) is 0.418. The standard InChI is InChI=1S/C26H28N4O2S2/c1-4-12-29-23(28-13-8-9-14-28)20(17(2)21(16-27)24(29)31)15-22-25(32)30(26(33)34-22)18(3)19-10-6-5-7-11-19/h5-7,10-11,15,18H,4,8-9,12-14H2,1-3H3. The minimum Gasteiger partial charge on any atom is -0.357 e. The third-order valence-corrected chi connectivity index (χ3v) is 7.80. The van der Waals surface area contributed by atoms with Crippen molar-refractivity contribution in [1.82, 2.24) is 9.47 Å². The Balaban J connectivity index is 1.84. The van der Waals surface area contributed by atoms with Gasteiger partial charge in [0.2, 0.25) is 0 Å². The molecule has 6 nitrogen and oxygen atoms in total. The van der Waals surface area contributed by atoms with Gasteiger partial charge >= 0.3 is 0 Å². The monoisotopic (exact) mass is 492 g/mol. The lowest BCUT2D eigenvalue weighted by Gasteiger charge is -2.27. The Bertz CT molecular complexity index is 1250. The number of pyridine rings is 1. The van der Waals surface area contributed by atoms with E-state index in [0.717, 1.165) is 49.3 Å². The molecule has 0 spiro atoms. The van der Waals surface area contributed by atoms with Crippen LogP contribution in [0.3, 0.4) is 0 Å². The van der Waals surface area contributed by atoms with E-state index in [1.807, 2.05) is 50.3 Å². The van der Waals surface area contributed by atoms with Crippen molar-refractivity contribution >= 4 is 46.1 Å². The lowest BCUT2D eigenvalue weighted by molar-refractivity contribution is -0.123. The number of thiocarbonyl (C=S) groups is 1. The molecule has 0 saturated carbocycles. The number of hydrogen-bond donors (Lipinski definition) is 0. The Kier molecular flexibility index (Phi) is 7.24. The molecule has 0 N–H and O–H groups in total. The van der Waals surface area contributed by atoms with Crippen molar-refractivity contribution < 1.29 is 4.79 Å². The van der Waals surface area contributed by atoms with Crippen molar-refractivity contribution in [3.63, 3.8) is 0 Å². The van der Waals surface area contributed by atoms with Crippen molar-refractivity contribution in [3.8, 4) is 6.07 Å². The summed E-state index contributed by atoms with van der Waals surface area (Å²) in [6.07, 6.45) is 4.71. The Labute approximate surface area is 209 Å². The fraction of sp³-hybridized carbons (Fsp3) is 0.385. The Hall–Kier alpha value is -2.89. The summed E-state index contributed by atoms with van der Waals surface area (Å²) in [4.78, 5) is 31.1. The number of thioether (sulfide) groups is 1. The molecule has 0 bridgehead atoms. The molecule has 2 aliphatic rings. The van der Waals surface area contributed by atoms with Crippen LogP contribution in [0.25, 0.3) is 6.08 Å². The minimum absolute atomic E-state index is 0.135. The summed E-state index contributed by atoms with van der Waals surface area (Å²) in [5.41, 5.74) is 2.27. The predicted octanol–water partition coefficient (Wildman–Crippen LogP) is 5.00. The van der Waals surface area contributed by atoms with E-state index < -0.39 is 0 Å². The zero-order valence-corrected chi connectivity index (χ0v) is 21.3. The van der Waals surface area contributed by atoms with Gasteiger partial charge in [-0.2, -0.15) is 5.26 Å². The number of carbonyl (C=O) groups excluding carboxylic acids is 1. The van der Waals surface area contributed by atoms with Gasteiger partial charge in [-0.15, -0.1) is 0 Å². The van der Waals surface area contributed by atoms with Crippen molar-refractivity contribution in [2.24, 2.45) is 0 Å². The van der Waals surface area contributed by atoms with E-state index in [0.29, 0.717) is 21.3 Å². The number of rotatable bonds is 6. The highest BCUT2D eigenvalue weighted by atomic mass is 32.2. The van der Waals surface area contributed by atoms with Gasteiger partial charge in [0.15, 0.2) is 0 Å². The molecule has 1 aromatic heterocycles. The van der Waals surface area contributed by atoms with E-state index in [9.17, 15) is 14.9 Å². The first-order valence-corrected chi connectivity index (χ1v) is 12.9. The fourth-order valence-corrected chi connectivity index (χ4v) is 6.07. The van der Waals surface area contributed by atoms with Crippen LogP contribution in [0.2, 0.25) is 0 Å². The van der Waals surface area contributed by atoms with Crippen molar-refractivity contribution in [2.75, 3.05) is 18.0 Å². The SMILES string of the molecule is CCCn1c(N2CCCC2)c(C=C2SC(=S)N(C(C)c3ccccc3)C2=O)c(C)c(C#N)c1=O. The van der Waals surface area contributed by atoms with Crippen LogP contribution in [0, 0.1) is 18.3 Å². The summed E-state index contributed by atoms with van der Waals surface area (Å²) in [6, 6.07) is 11.7. The number of nitriles is 1. The topological polar surface area (TPSA) is 69.3 Å². The average molecular weight is 493 g/mol. The summed E-state index contributed by atoms with van der Waals surface area (Å²) in [5.74, 6) is 0.659. The Morgan fingerprint density at radius 3 is 2.50 bits per heavy atom. The van der Waals surface area contributed by atoms with Crippen LogP contribution in [-0.4, -0.2) is 32.8 Å². The molecular formula is C26H28N4O2S2. The van der Waals surface area contributed by atoms with Gasteiger partial charge in [-0.05, 0) is 50.3 Å². The van der Waals surface area contributed by atoms with Crippen LogP contribution < -0.4 is 10.5 Å². The number of aromatic nitrogens is 1. The first-order chi connectivity index (χ1) is 16.4. The molecule has 1 aromatic carbocycles. The van der Waals surface area contributed by atoms with Gasteiger partial charge in [0, 0.05) is 25.2 Å². The van der Waals surface area contributed by atoms with Crippen LogP contribution in [0.1, 0.15) is 61.4 Å². The number of hydrogen-bond acceptors (Lipinski definition) is 6. The van der Waals surface area contributed by atoms with Gasteiger partial charge in [0.1, 0.15) is 21.8 Å². The minimum atomic E-state index is -0.258. The molecular weight excluding hydrogens is 464 g/mol. The van der Waals surface area contributed by atoms with Crippen LogP contribution in [-0.2, 0) is 11.3 Å². The molecule has 2 aliphatic heterocycles. The number of anilines is 1. The van der Waals surface area contributed by atoms with Gasteiger partial charge in [-0.1, -0.05) is 61.2 Å². The van der Waals surface area contributed by atoms with Gasteiger partial charge in [0.25, 0.3) is 11.5 Å². The average Bonchev–Trinajstić information content (AvgIpc) is 3.46. The van der Waals surface area contributed by atoms with Crippen molar-refractivity contribution in [2.45, 2.75) is 52.6 Å². The zero-order valence-electron chi connectivity index (χ0n) is 19.7. The molecule has 4 rings (SSSR count). The zero-order chi connectivity index (χ0) is 24.4. The number of amides is 1. The highest BCUT2D eigenvalue weighted by Gasteiger charge is 2.36. The highest BCUT2D eigenvalue weighted by molar-refractivity contribution is 8.26. The second-order valence-electron chi connectivity index (χ2n) is 8.64. The summed E-state index contributed by atoms with van der Waals surface area (Å²) < 4.78 is 2.23. The van der Waals surface area contributed by atoms with Gasteiger partial charge in [0.05, 0.1) is 10.9 Å². The van der Waals surface area contributed by atoms with Crippen LogP contribution in [0.4, 0.5) is 5.82 Å². The fourth-order valence-electron chi connectivity index (χ4n) is 4.67. The van der Waals surface area contributed by atoms with E-state index in [1.54, 1.807) is 16.4 Å². The second kappa shape index (κ2) is 10.2. The molecule has 34 heavy (non-hydrogen) atoms. The maximum Gasteiger partial charge on any atom is 0.270 e. The highest BCUT2D eigenvalue weighted by Crippen LogP contribution is 2.40. The smallest absolute Gasteiger partial charge is 0.270 e. The lowest BCUT2D eigenvalue weighted by Crippen LogP contribution is -2.33. The molecule has 2 aromatic rings. The van der Waals surface area contributed by atoms with Crippen molar-refractivity contribution in [1.29, 1.82) is 5.26 Å². The first-order valence-electron chi connectivity index (χ1n) is 11.6. The van der Waals surface area contributed by atoms with Crippen LogP contribution >= 0.6 is 24.0 Å². The molecule has 0 radical (unpaired) electrons. The van der Waals surface area contributed by atoms with E-state index >= 15 is 0 Å². The van der Waals surface area contributed by atoms with E-state index in [2.05, 4.69) is 11.0 Å². The third kappa shape index (κ3) is 4.30. The van der Waals surface area contributed by atoms with E-state index in [4.69, 9.17) is 12.2 Å². The molecule has 8 heteroatoms. The molecule has 3 heterocycles. The number of benzene rings is 1. The molecule has 0 aliphatic carbocycles. The Morgan fingerprint density at radius 2 is 1.88 bits per heavy atom. The molecule has 1 unspecified atom stereocenters. The van der Waals surface area contributed by atoms with Gasteiger partial charge in [-0.25, -0.2) is 0 Å². The third-order valence-electron chi connectivity index (χ3n) is 6.47. The summed E-state index contributed by atoms with van der Waals surface area (Å²) >= 11 is 6.88. The Morgan fingerprint density at radius 1 is 1.21 bits per heavy atom. The van der Waals surface area contributed by atoms with Gasteiger partial charge in [-0.3, -0.25) is 19.1 Å². The van der Waals surface area contributed by atoms with Gasteiger partial charge < -0.3 is 4.90 Å². The van der Waals surface area contributed by atoms with E-state index in [-0.39, 0.29) is 23.1 Å². The maximum absolute atomic E-state index is 13.5. The van der Waals surface area contributed by atoms with E-state index in [1.165, 1.54) is 11.8 Å². The molecule has 1 atom stereocenters. The predicted molar refractivity (Wildman–Crippen MR) is 142 cm³/mol. The number of nitrogens with zero attached hydrogens (tertiary/aromatic N) is 4. The lowest BCUT2D eigenvalue weighted by atomic mass is 10.0. The molecule has 2 saturated heterocycles. The number of carbonyl (C=O) groups is 1. The molecule has 2 fully saturated rings. The summed E-state index contributed by atoms with van der Waals surface area (Å²) in [6.45, 7) is 8.01. The summed E-state index contributed by atoms with van der Waals surface area (Å²) in [5, 5.41) is 9.77.